The van der Waals surface area contributed by atoms with Crippen molar-refractivity contribution in [2.24, 2.45) is 0 Å². The van der Waals surface area contributed by atoms with Gasteiger partial charge in [-0.25, -0.2) is 0 Å². The van der Waals surface area contributed by atoms with Crippen molar-refractivity contribution < 1.29 is 19.1 Å². The van der Waals surface area contributed by atoms with Gasteiger partial charge in [0.05, 0.1) is 0 Å². The molecule has 0 atom stereocenters. The van der Waals surface area contributed by atoms with E-state index in [1.54, 1.807) is 0 Å². The van der Waals surface area contributed by atoms with Crippen LogP contribution in [0.5, 0.6) is 0 Å². The van der Waals surface area contributed by atoms with Crippen molar-refractivity contribution in [2.45, 2.75) is 53.8 Å². The van der Waals surface area contributed by atoms with Gasteiger partial charge in [0, 0.05) is 19.8 Å². The van der Waals surface area contributed by atoms with Gasteiger partial charge in [0.1, 0.15) is 0 Å². The van der Waals surface area contributed by atoms with Crippen LogP contribution in [0.3, 0.4) is 0 Å². The highest BCUT2D eigenvalue weighted by molar-refractivity contribution is 6.23. The van der Waals surface area contributed by atoms with E-state index in [1.807, 2.05) is 20.8 Å². The predicted octanol–water partition coefficient (Wildman–Crippen LogP) is 2.70. The zero-order valence-electron chi connectivity index (χ0n) is 13.6. The number of rotatable bonds is 8. The van der Waals surface area contributed by atoms with Gasteiger partial charge in [-0.3, -0.25) is 9.59 Å². The van der Waals surface area contributed by atoms with Crippen molar-refractivity contribution in [3.8, 4) is 0 Å². The quantitative estimate of drug-likeness (QED) is 0.323. The minimum Gasteiger partial charge on any atom is -0.353 e. The van der Waals surface area contributed by atoms with Gasteiger partial charge in [0.25, 0.3) is 5.91 Å². The number of hydrogen-bond acceptors (Lipinski definition) is 4. The zero-order chi connectivity index (χ0) is 16.2. The van der Waals surface area contributed by atoms with E-state index in [1.165, 1.54) is 18.9 Å². The molecule has 0 saturated heterocycles. The van der Waals surface area contributed by atoms with Crippen LogP contribution in [0.1, 0.15) is 47.5 Å². The second-order valence-electron chi connectivity index (χ2n) is 3.63. The molecule has 0 aromatic rings. The van der Waals surface area contributed by atoms with Crippen LogP contribution in [0, 0.1) is 0 Å². The monoisotopic (exact) mass is 289 g/mol. The van der Waals surface area contributed by atoms with Gasteiger partial charge < -0.3 is 14.8 Å². The molecule has 0 saturated carbocycles. The molecule has 0 aliphatic heterocycles. The maximum atomic E-state index is 10.0. The second-order valence-corrected chi connectivity index (χ2v) is 3.63. The third-order valence-electron chi connectivity index (χ3n) is 1.83. The van der Waals surface area contributed by atoms with Crippen LogP contribution in [0.2, 0.25) is 0 Å². The second kappa shape index (κ2) is 22.9. The molecule has 0 heterocycles. The van der Waals surface area contributed by atoms with Crippen molar-refractivity contribution >= 4 is 12.2 Å². The number of amides is 1. The number of carbonyl (C=O) groups excluding carboxylic acids is 2. The largest absolute Gasteiger partial charge is 0.353 e. The van der Waals surface area contributed by atoms with Gasteiger partial charge in [-0.05, 0) is 20.8 Å². The van der Waals surface area contributed by atoms with Crippen LogP contribution in [-0.2, 0) is 19.1 Å². The Morgan fingerprint density at radius 3 is 1.85 bits per heavy atom. The first kappa shape index (κ1) is 23.9. The Balaban J connectivity index is -0.000000230. The zero-order valence-corrected chi connectivity index (χ0v) is 13.6. The summed E-state index contributed by atoms with van der Waals surface area (Å²) in [7, 11) is 0. The standard InChI is InChI=1S/C6H14O2.C5H7NO2.C4H10/c1-4-7-6(3)8-5-2;1-2-3-6-5(8)4-7;1-3-4-2/h6H,4-5H2,1-3H3;2,4H,1,3H2,(H,6,8);3-4H2,1-2H3. The molecule has 5 heteroatoms. The molecule has 0 fully saturated rings. The molecule has 0 aromatic carbocycles. The normalized spacial score (nSPS) is 8.70. The molecule has 20 heavy (non-hydrogen) atoms. The Morgan fingerprint density at radius 1 is 1.15 bits per heavy atom. The molecule has 0 aliphatic rings. The Hall–Kier alpha value is -1.20. The van der Waals surface area contributed by atoms with Crippen LogP contribution in [0.15, 0.2) is 12.7 Å². The SMILES string of the molecule is C=CCNC(=O)C=O.CCCC.CCOC(C)OCC. The van der Waals surface area contributed by atoms with Gasteiger partial charge in [0.15, 0.2) is 6.29 Å². The molecule has 0 aliphatic carbocycles. The molecular weight excluding hydrogens is 258 g/mol. The first-order valence-corrected chi connectivity index (χ1v) is 7.10. The summed E-state index contributed by atoms with van der Waals surface area (Å²) in [5, 5.41) is 2.26. The van der Waals surface area contributed by atoms with Crippen molar-refractivity contribution in [3.63, 3.8) is 0 Å². The summed E-state index contributed by atoms with van der Waals surface area (Å²) >= 11 is 0. The summed E-state index contributed by atoms with van der Waals surface area (Å²) in [6.45, 7) is 15.3. The van der Waals surface area contributed by atoms with Gasteiger partial charge in [-0.1, -0.05) is 32.8 Å². The summed E-state index contributed by atoms with van der Waals surface area (Å²) in [6.07, 6.45) is 4.33. The van der Waals surface area contributed by atoms with Gasteiger partial charge in [0.2, 0.25) is 6.29 Å². The lowest BCUT2D eigenvalue weighted by atomic mass is 10.4. The third kappa shape index (κ3) is 30.1. The lowest BCUT2D eigenvalue weighted by Crippen LogP contribution is -2.23. The molecule has 0 spiro atoms. The van der Waals surface area contributed by atoms with Gasteiger partial charge in [-0.15, -0.1) is 6.58 Å². The summed E-state index contributed by atoms with van der Waals surface area (Å²) in [5.74, 6) is -0.607. The highest BCUT2D eigenvalue weighted by atomic mass is 16.7. The molecule has 1 amide bonds. The lowest BCUT2D eigenvalue weighted by molar-refractivity contribution is -0.131. The highest BCUT2D eigenvalue weighted by Crippen LogP contribution is 1.90. The molecule has 0 bridgehead atoms. The Kier molecular flexibility index (Phi) is 27.4. The Labute approximate surface area is 123 Å². The van der Waals surface area contributed by atoms with Crippen molar-refractivity contribution in [1.29, 1.82) is 0 Å². The maximum Gasteiger partial charge on any atom is 0.284 e. The van der Waals surface area contributed by atoms with Gasteiger partial charge in [-0.2, -0.15) is 0 Å². The maximum absolute atomic E-state index is 10.0. The van der Waals surface area contributed by atoms with Crippen LogP contribution in [0.25, 0.3) is 0 Å². The Morgan fingerprint density at radius 2 is 1.60 bits per heavy atom. The summed E-state index contributed by atoms with van der Waals surface area (Å²) in [6, 6.07) is 0. The fourth-order valence-corrected chi connectivity index (χ4v) is 0.732. The Bertz CT molecular complexity index is 212. The molecule has 0 aromatic heterocycles. The lowest BCUT2D eigenvalue weighted by Gasteiger charge is -2.09. The first-order valence-electron chi connectivity index (χ1n) is 7.10. The molecule has 5 nitrogen and oxygen atoms in total. The topological polar surface area (TPSA) is 64.6 Å². The van der Waals surface area contributed by atoms with Gasteiger partial charge >= 0.3 is 0 Å². The van der Waals surface area contributed by atoms with Crippen LogP contribution < -0.4 is 5.32 Å². The number of nitrogens with one attached hydrogen (secondary N) is 1. The van der Waals surface area contributed by atoms with E-state index in [9.17, 15) is 9.59 Å². The number of hydrogen-bond donors (Lipinski definition) is 1. The van der Waals surface area contributed by atoms with Crippen molar-refractivity contribution in [2.75, 3.05) is 19.8 Å². The van der Waals surface area contributed by atoms with E-state index in [0.717, 1.165) is 13.2 Å². The minimum atomic E-state index is -0.607. The van der Waals surface area contributed by atoms with E-state index in [0.29, 0.717) is 6.54 Å². The van der Waals surface area contributed by atoms with E-state index in [4.69, 9.17) is 9.47 Å². The van der Waals surface area contributed by atoms with Crippen LogP contribution >= 0.6 is 0 Å². The molecule has 0 unspecified atom stereocenters. The van der Waals surface area contributed by atoms with Crippen LogP contribution in [-0.4, -0.2) is 38.2 Å². The minimum absolute atomic E-state index is 0.0370. The highest BCUT2D eigenvalue weighted by Gasteiger charge is 1.94. The first-order chi connectivity index (χ1) is 9.53. The van der Waals surface area contributed by atoms with Crippen molar-refractivity contribution in [1.82, 2.24) is 5.32 Å². The molecule has 0 rings (SSSR count). The average molecular weight is 289 g/mol. The number of aldehydes is 1. The van der Waals surface area contributed by atoms with Crippen molar-refractivity contribution in [3.05, 3.63) is 12.7 Å². The molecule has 1 N–H and O–H groups in total. The smallest absolute Gasteiger partial charge is 0.284 e. The predicted molar refractivity (Wildman–Crippen MR) is 82.6 cm³/mol. The molecule has 0 radical (unpaired) electrons. The van der Waals surface area contributed by atoms with E-state index < -0.39 is 5.91 Å². The number of carbonyl (C=O) groups is 2. The van der Waals surface area contributed by atoms with E-state index in [-0.39, 0.29) is 12.6 Å². The van der Waals surface area contributed by atoms with E-state index in [2.05, 4.69) is 25.7 Å². The third-order valence-corrected chi connectivity index (χ3v) is 1.83. The van der Waals surface area contributed by atoms with E-state index >= 15 is 0 Å². The summed E-state index contributed by atoms with van der Waals surface area (Å²) in [4.78, 5) is 19.6. The molecule has 120 valence electrons. The summed E-state index contributed by atoms with van der Waals surface area (Å²) < 4.78 is 10.1. The summed E-state index contributed by atoms with van der Waals surface area (Å²) in [5.41, 5.74) is 0. The number of ether oxygens (including phenoxy) is 2. The average Bonchev–Trinajstić information content (AvgIpc) is 2.46. The fourth-order valence-electron chi connectivity index (χ4n) is 0.732. The van der Waals surface area contributed by atoms with Crippen LogP contribution in [0.4, 0.5) is 0 Å². The fraction of sp³-hybridized carbons (Fsp3) is 0.733. The molecular formula is C15H31NO4. The number of unbranched alkanes of at least 4 members (excludes halogenated alkanes) is 1.